The molecule has 3 heterocycles. The van der Waals surface area contributed by atoms with E-state index in [-0.39, 0.29) is 5.96 Å². The van der Waals surface area contributed by atoms with Crippen LogP contribution in [-0.2, 0) is 9.40 Å². The molecule has 1 aromatic carbocycles. The van der Waals surface area contributed by atoms with Gasteiger partial charge in [-0.15, -0.1) is 0 Å². The van der Waals surface area contributed by atoms with Crippen molar-refractivity contribution in [3.05, 3.63) is 17.7 Å². The SMILES string of the molecule is CN(OC(=O)c1ccc2c3c1P23=O)C(=N)N. The largest absolute Gasteiger partial charge is 0.368 e. The summed E-state index contributed by atoms with van der Waals surface area (Å²) in [5.41, 5.74) is 5.44. The zero-order valence-electron chi connectivity index (χ0n) is 8.35. The lowest BCUT2D eigenvalue weighted by atomic mass is 10.2. The van der Waals surface area contributed by atoms with Crippen LogP contribution in [0.25, 0.3) is 0 Å². The van der Waals surface area contributed by atoms with Crippen LogP contribution in [0.3, 0.4) is 0 Å². The van der Waals surface area contributed by atoms with Crippen molar-refractivity contribution in [1.82, 2.24) is 5.06 Å². The maximum absolute atomic E-state index is 11.8. The number of hydrogen-bond acceptors (Lipinski definition) is 4. The molecule has 16 heavy (non-hydrogen) atoms. The van der Waals surface area contributed by atoms with Gasteiger partial charge in [-0.3, -0.25) is 5.41 Å². The second kappa shape index (κ2) is 2.47. The second-order valence-corrected chi connectivity index (χ2v) is 6.29. The Morgan fingerprint density at radius 1 is 1.50 bits per heavy atom. The molecule has 2 bridgehead atoms. The van der Waals surface area contributed by atoms with Gasteiger partial charge in [0.2, 0.25) is 5.96 Å². The lowest BCUT2D eigenvalue weighted by Crippen LogP contribution is -2.36. The highest BCUT2D eigenvalue weighted by atomic mass is 31.2. The van der Waals surface area contributed by atoms with Gasteiger partial charge in [0.25, 0.3) is 0 Å². The average Bonchev–Trinajstić information content (AvgIpc) is 3.06. The summed E-state index contributed by atoms with van der Waals surface area (Å²) < 4.78 is 11.8. The Hall–Kier alpha value is -1.81. The molecule has 0 spiro atoms. The first kappa shape index (κ1) is 9.42. The predicted octanol–water partition coefficient (Wildman–Crippen LogP) is -1.15. The number of fused-ring (bicyclic) bond motifs is 2. The van der Waals surface area contributed by atoms with Crippen LogP contribution in [0.15, 0.2) is 12.1 Å². The third-order valence-electron chi connectivity index (χ3n) is 2.78. The first-order valence-corrected chi connectivity index (χ1v) is 6.27. The number of rotatable bonds is 1. The Bertz CT molecular complexity index is 610. The standard InChI is InChI=1S/C9H8N3O3P/c1-12(9(10)11)15-8(13)4-2-3-5-7-6(4)16(5,7)14/h2-3H,1H3,(H3,10,11). The van der Waals surface area contributed by atoms with Gasteiger partial charge in [-0.1, -0.05) is 0 Å². The number of hydroxylamine groups is 2. The van der Waals surface area contributed by atoms with Crippen LogP contribution in [0.4, 0.5) is 0 Å². The van der Waals surface area contributed by atoms with Crippen LogP contribution >= 0.6 is 7.14 Å². The van der Waals surface area contributed by atoms with Gasteiger partial charge in [0.15, 0.2) is 7.14 Å². The highest BCUT2D eigenvalue weighted by Crippen LogP contribution is 2.66. The number of carbonyl (C=O) groups excluding carboxylic acids is 1. The van der Waals surface area contributed by atoms with E-state index in [1.807, 2.05) is 0 Å². The highest BCUT2D eigenvalue weighted by Gasteiger charge is 2.68. The molecular formula is C9H8N3O3P. The minimum absolute atomic E-state index is 0.321. The molecule has 0 saturated carbocycles. The molecular weight excluding hydrogens is 229 g/mol. The zero-order chi connectivity index (χ0) is 11.7. The molecule has 6 nitrogen and oxygen atoms in total. The smallest absolute Gasteiger partial charge is 0.364 e. The molecule has 3 aliphatic rings. The van der Waals surface area contributed by atoms with Crippen molar-refractivity contribution in [3.8, 4) is 0 Å². The lowest BCUT2D eigenvalue weighted by Gasteiger charge is -2.15. The minimum atomic E-state index is -2.29. The van der Waals surface area contributed by atoms with Crippen LogP contribution < -0.4 is 21.6 Å². The Balaban J connectivity index is 1.83. The first-order valence-electron chi connectivity index (χ1n) is 4.56. The topological polar surface area (TPSA) is 96.5 Å². The summed E-state index contributed by atoms with van der Waals surface area (Å²) in [5, 5.41) is 10.3. The molecule has 1 unspecified atom stereocenters. The molecule has 0 radical (unpaired) electrons. The first-order chi connectivity index (χ1) is 7.48. The fraction of sp³-hybridized carbons (Fsp3) is 0.111. The molecule has 7 heteroatoms. The van der Waals surface area contributed by atoms with Gasteiger partial charge in [0.05, 0.1) is 5.56 Å². The molecule has 0 aliphatic carbocycles. The van der Waals surface area contributed by atoms with Gasteiger partial charge in [-0.25, -0.2) is 4.79 Å². The molecule has 3 N–H and O–H groups in total. The third kappa shape index (κ3) is 0.900. The zero-order valence-corrected chi connectivity index (χ0v) is 9.25. The van der Waals surface area contributed by atoms with Gasteiger partial charge in [0, 0.05) is 23.0 Å². The van der Waals surface area contributed by atoms with E-state index in [9.17, 15) is 9.36 Å². The van der Waals surface area contributed by atoms with E-state index < -0.39 is 13.1 Å². The van der Waals surface area contributed by atoms with Crippen molar-refractivity contribution in [3.63, 3.8) is 0 Å². The molecule has 1 aromatic rings. The van der Waals surface area contributed by atoms with Crippen LogP contribution in [0.1, 0.15) is 10.4 Å². The molecule has 1 atom stereocenters. The summed E-state index contributed by atoms with van der Waals surface area (Å²) in [6, 6.07) is 3.28. The van der Waals surface area contributed by atoms with Crippen molar-refractivity contribution in [1.29, 1.82) is 5.41 Å². The Morgan fingerprint density at radius 3 is 2.62 bits per heavy atom. The minimum Gasteiger partial charge on any atom is -0.368 e. The summed E-state index contributed by atoms with van der Waals surface area (Å²) in [5.74, 6) is -0.996. The maximum atomic E-state index is 11.8. The number of hydrogen-bond donors (Lipinski definition) is 2. The number of guanidine groups is 1. The van der Waals surface area contributed by atoms with Gasteiger partial charge in [-0.2, -0.15) is 5.06 Å². The monoisotopic (exact) mass is 237 g/mol. The highest BCUT2D eigenvalue weighted by molar-refractivity contribution is 8.06. The third-order valence-corrected chi connectivity index (χ3v) is 5.57. The molecule has 0 fully saturated rings. The molecule has 82 valence electrons. The Kier molecular flexibility index (Phi) is 1.45. The average molecular weight is 237 g/mol. The maximum Gasteiger partial charge on any atom is 0.364 e. The second-order valence-electron chi connectivity index (χ2n) is 3.70. The van der Waals surface area contributed by atoms with Crippen molar-refractivity contribution >= 4 is 35.0 Å². The van der Waals surface area contributed by atoms with Crippen molar-refractivity contribution in [2.45, 2.75) is 0 Å². The molecule has 0 saturated heterocycles. The Morgan fingerprint density at radius 2 is 2.12 bits per heavy atom. The van der Waals surface area contributed by atoms with Gasteiger partial charge in [0.1, 0.15) is 0 Å². The van der Waals surface area contributed by atoms with Crippen LogP contribution in [-0.4, -0.2) is 24.0 Å². The fourth-order valence-corrected chi connectivity index (χ4v) is 4.57. The predicted molar refractivity (Wildman–Crippen MR) is 58.0 cm³/mol. The molecule has 0 amide bonds. The number of nitrogens with one attached hydrogen (secondary N) is 1. The van der Waals surface area contributed by atoms with Crippen molar-refractivity contribution in [2.24, 2.45) is 5.73 Å². The van der Waals surface area contributed by atoms with E-state index in [0.717, 1.165) is 15.7 Å². The van der Waals surface area contributed by atoms with E-state index in [4.69, 9.17) is 16.0 Å². The number of carbonyl (C=O) groups is 1. The van der Waals surface area contributed by atoms with Gasteiger partial charge >= 0.3 is 5.97 Å². The van der Waals surface area contributed by atoms with E-state index in [0.29, 0.717) is 10.9 Å². The van der Waals surface area contributed by atoms with Gasteiger partial charge in [-0.05, 0) is 12.1 Å². The van der Waals surface area contributed by atoms with Crippen LogP contribution in [0, 0.1) is 5.41 Å². The molecule has 4 rings (SSSR count). The quantitative estimate of drug-likeness (QED) is 0.241. The fourth-order valence-electron chi connectivity index (χ4n) is 1.78. The normalized spacial score (nSPS) is 22.1. The summed E-state index contributed by atoms with van der Waals surface area (Å²) in [6.45, 7) is 0. The number of nitrogens with zero attached hydrogens (tertiary/aromatic N) is 1. The summed E-state index contributed by atoms with van der Waals surface area (Å²) >= 11 is 0. The lowest BCUT2D eigenvalue weighted by molar-refractivity contribution is -0.0409. The van der Waals surface area contributed by atoms with Crippen LogP contribution in [0.5, 0.6) is 0 Å². The van der Waals surface area contributed by atoms with Crippen molar-refractivity contribution < 1.29 is 14.2 Å². The van der Waals surface area contributed by atoms with E-state index in [1.54, 1.807) is 12.1 Å². The van der Waals surface area contributed by atoms with E-state index >= 15 is 0 Å². The number of benzene rings is 1. The van der Waals surface area contributed by atoms with Gasteiger partial charge < -0.3 is 15.1 Å². The van der Waals surface area contributed by atoms with E-state index in [2.05, 4.69) is 0 Å². The Labute approximate surface area is 90.8 Å². The van der Waals surface area contributed by atoms with E-state index in [1.165, 1.54) is 7.05 Å². The summed E-state index contributed by atoms with van der Waals surface area (Å²) in [6.07, 6.45) is 0. The summed E-state index contributed by atoms with van der Waals surface area (Å²) in [4.78, 5) is 16.4. The molecule has 3 aliphatic heterocycles. The molecule has 0 aromatic heterocycles. The van der Waals surface area contributed by atoms with Crippen LogP contribution in [0.2, 0.25) is 0 Å². The van der Waals surface area contributed by atoms with Crippen molar-refractivity contribution in [2.75, 3.05) is 7.05 Å². The summed E-state index contributed by atoms with van der Waals surface area (Å²) in [7, 11) is -0.932. The number of nitrogens with two attached hydrogens (primary N) is 1.